The Balaban J connectivity index is 2.12. The van der Waals surface area contributed by atoms with Crippen LogP contribution in [-0.4, -0.2) is 33.4 Å². The summed E-state index contributed by atoms with van der Waals surface area (Å²) < 4.78 is 11.1. The summed E-state index contributed by atoms with van der Waals surface area (Å²) >= 11 is 0. The lowest BCUT2D eigenvalue weighted by Crippen LogP contribution is -2.34. The van der Waals surface area contributed by atoms with Gasteiger partial charge in [-0.2, -0.15) is 0 Å². The zero-order chi connectivity index (χ0) is 12.1. The predicted octanol–water partition coefficient (Wildman–Crippen LogP) is 1.86. The van der Waals surface area contributed by atoms with Crippen LogP contribution in [0.15, 0.2) is 24.3 Å². The zero-order valence-electron chi connectivity index (χ0n) is 10.7. The van der Waals surface area contributed by atoms with Crippen LogP contribution in [0.25, 0.3) is 0 Å². The monoisotopic (exact) mass is 235 g/mol. The maximum Gasteiger partial charge on any atom is 0.122 e. The van der Waals surface area contributed by atoms with Crippen molar-refractivity contribution in [3.8, 4) is 5.75 Å². The third-order valence-electron chi connectivity index (χ3n) is 3.24. The van der Waals surface area contributed by atoms with Crippen LogP contribution in [0.1, 0.15) is 12.5 Å². The summed E-state index contributed by atoms with van der Waals surface area (Å²) in [5.41, 5.74) is 1.40. The van der Waals surface area contributed by atoms with E-state index in [0.717, 1.165) is 38.5 Å². The molecule has 1 heterocycles. The minimum atomic E-state index is 0.144. The van der Waals surface area contributed by atoms with Crippen LogP contribution < -0.4 is 10.1 Å². The molecule has 17 heavy (non-hydrogen) atoms. The van der Waals surface area contributed by atoms with Crippen LogP contribution >= 0.6 is 0 Å². The fraction of sp³-hybridized carbons (Fsp3) is 0.571. The van der Waals surface area contributed by atoms with Crippen LogP contribution in [0, 0.1) is 5.41 Å². The van der Waals surface area contributed by atoms with Crippen molar-refractivity contribution in [2.75, 3.05) is 33.4 Å². The molecule has 0 aromatic heterocycles. The lowest BCUT2D eigenvalue weighted by Gasteiger charge is -2.28. The molecule has 2 rings (SSSR count). The van der Waals surface area contributed by atoms with Gasteiger partial charge in [0.2, 0.25) is 0 Å². The van der Waals surface area contributed by atoms with E-state index in [1.807, 2.05) is 12.1 Å². The van der Waals surface area contributed by atoms with E-state index in [2.05, 4.69) is 24.4 Å². The largest absolute Gasteiger partial charge is 0.496 e. The molecule has 0 amide bonds. The van der Waals surface area contributed by atoms with Crippen molar-refractivity contribution in [1.29, 1.82) is 0 Å². The number of para-hydroxylation sites is 1. The van der Waals surface area contributed by atoms with Gasteiger partial charge in [0.15, 0.2) is 0 Å². The molecule has 1 atom stereocenters. The molecule has 0 radical (unpaired) electrons. The van der Waals surface area contributed by atoms with E-state index in [1.54, 1.807) is 7.11 Å². The van der Waals surface area contributed by atoms with Gasteiger partial charge >= 0.3 is 0 Å². The van der Waals surface area contributed by atoms with Crippen molar-refractivity contribution in [2.45, 2.75) is 13.3 Å². The highest BCUT2D eigenvalue weighted by atomic mass is 16.5. The molecule has 0 aliphatic carbocycles. The van der Waals surface area contributed by atoms with E-state index in [9.17, 15) is 0 Å². The summed E-state index contributed by atoms with van der Waals surface area (Å²) in [5.74, 6) is 0.970. The molecule has 1 aromatic rings. The molecule has 94 valence electrons. The van der Waals surface area contributed by atoms with Gasteiger partial charge in [0.05, 0.1) is 20.3 Å². The van der Waals surface area contributed by atoms with E-state index >= 15 is 0 Å². The minimum Gasteiger partial charge on any atom is -0.496 e. The van der Waals surface area contributed by atoms with Gasteiger partial charge in [0.1, 0.15) is 5.75 Å². The van der Waals surface area contributed by atoms with Gasteiger partial charge < -0.3 is 14.8 Å². The van der Waals surface area contributed by atoms with Crippen molar-refractivity contribution in [3.63, 3.8) is 0 Å². The first-order chi connectivity index (χ1) is 8.23. The predicted molar refractivity (Wildman–Crippen MR) is 68.5 cm³/mol. The second kappa shape index (κ2) is 5.52. The summed E-state index contributed by atoms with van der Waals surface area (Å²) in [6.07, 6.45) is 0.976. The second-order valence-corrected chi connectivity index (χ2v) is 5.03. The van der Waals surface area contributed by atoms with E-state index in [-0.39, 0.29) is 5.41 Å². The van der Waals surface area contributed by atoms with Crippen molar-refractivity contribution in [3.05, 3.63) is 29.8 Å². The van der Waals surface area contributed by atoms with Crippen LogP contribution in [0.2, 0.25) is 0 Å². The first-order valence-electron chi connectivity index (χ1n) is 6.14. The Morgan fingerprint density at radius 2 is 2.24 bits per heavy atom. The lowest BCUT2D eigenvalue weighted by molar-refractivity contribution is 0.0793. The average Bonchev–Trinajstić information content (AvgIpc) is 2.55. The lowest BCUT2D eigenvalue weighted by atomic mass is 9.84. The van der Waals surface area contributed by atoms with Gasteiger partial charge in [0.25, 0.3) is 0 Å². The van der Waals surface area contributed by atoms with Gasteiger partial charge in [0, 0.05) is 18.5 Å². The number of rotatable bonds is 3. The average molecular weight is 235 g/mol. The molecule has 0 bridgehead atoms. The molecular weight excluding hydrogens is 214 g/mol. The van der Waals surface area contributed by atoms with Gasteiger partial charge in [-0.05, 0) is 18.1 Å². The molecule has 1 aromatic carbocycles. The highest BCUT2D eigenvalue weighted by Gasteiger charge is 2.27. The maximum absolute atomic E-state index is 5.65. The summed E-state index contributed by atoms with van der Waals surface area (Å²) in [6.45, 7) is 5.81. The molecule has 3 nitrogen and oxygen atoms in total. The normalized spacial score (nSPS) is 25.3. The molecule has 0 spiro atoms. The SMILES string of the molecule is COc1ccccc1CC1(C)CNCCOC1. The fourth-order valence-corrected chi connectivity index (χ4v) is 2.33. The quantitative estimate of drug-likeness (QED) is 0.867. The molecule has 1 fully saturated rings. The summed E-state index contributed by atoms with van der Waals surface area (Å²) in [6, 6.07) is 8.22. The van der Waals surface area contributed by atoms with Crippen LogP contribution in [0.4, 0.5) is 0 Å². The first kappa shape index (κ1) is 12.4. The standard InChI is InChI=1S/C14H21NO2/c1-14(10-15-7-8-17-11-14)9-12-5-3-4-6-13(12)16-2/h3-6,15H,7-11H2,1-2H3. The Hall–Kier alpha value is -1.06. The van der Waals surface area contributed by atoms with Crippen LogP contribution in [0.3, 0.4) is 0 Å². The number of ether oxygens (including phenoxy) is 2. The summed E-state index contributed by atoms with van der Waals surface area (Å²) in [4.78, 5) is 0. The molecule has 1 N–H and O–H groups in total. The third kappa shape index (κ3) is 3.20. The van der Waals surface area contributed by atoms with E-state index in [0.29, 0.717) is 0 Å². The van der Waals surface area contributed by atoms with E-state index in [4.69, 9.17) is 9.47 Å². The Labute approximate surface area is 103 Å². The number of hydrogen-bond acceptors (Lipinski definition) is 3. The van der Waals surface area contributed by atoms with Crippen molar-refractivity contribution >= 4 is 0 Å². The maximum atomic E-state index is 5.65. The smallest absolute Gasteiger partial charge is 0.122 e. The van der Waals surface area contributed by atoms with Crippen molar-refractivity contribution in [2.24, 2.45) is 5.41 Å². The number of benzene rings is 1. The highest BCUT2D eigenvalue weighted by molar-refractivity contribution is 5.34. The van der Waals surface area contributed by atoms with Crippen molar-refractivity contribution in [1.82, 2.24) is 5.32 Å². The molecule has 1 aliphatic rings. The Kier molecular flexibility index (Phi) is 4.02. The third-order valence-corrected chi connectivity index (χ3v) is 3.24. The minimum absolute atomic E-state index is 0.144. The van der Waals surface area contributed by atoms with Crippen LogP contribution in [0.5, 0.6) is 5.75 Å². The van der Waals surface area contributed by atoms with Gasteiger partial charge in [-0.1, -0.05) is 25.1 Å². The zero-order valence-corrected chi connectivity index (χ0v) is 10.7. The molecule has 0 saturated carbocycles. The van der Waals surface area contributed by atoms with Crippen LogP contribution in [-0.2, 0) is 11.2 Å². The Bertz CT molecular complexity index is 357. The second-order valence-electron chi connectivity index (χ2n) is 5.03. The van der Waals surface area contributed by atoms with Gasteiger partial charge in [-0.25, -0.2) is 0 Å². The summed E-state index contributed by atoms with van der Waals surface area (Å²) in [5, 5.41) is 3.43. The molecule has 1 aliphatic heterocycles. The Morgan fingerprint density at radius 3 is 3.06 bits per heavy atom. The number of nitrogens with one attached hydrogen (secondary N) is 1. The molecule has 3 heteroatoms. The van der Waals surface area contributed by atoms with E-state index < -0.39 is 0 Å². The molecule has 1 saturated heterocycles. The highest BCUT2D eigenvalue weighted by Crippen LogP contribution is 2.28. The summed E-state index contributed by atoms with van der Waals surface area (Å²) in [7, 11) is 1.73. The fourth-order valence-electron chi connectivity index (χ4n) is 2.33. The van der Waals surface area contributed by atoms with Gasteiger partial charge in [-0.15, -0.1) is 0 Å². The van der Waals surface area contributed by atoms with E-state index in [1.165, 1.54) is 5.56 Å². The van der Waals surface area contributed by atoms with Crippen molar-refractivity contribution < 1.29 is 9.47 Å². The number of methoxy groups -OCH3 is 1. The molecular formula is C14H21NO2. The molecule has 1 unspecified atom stereocenters. The Morgan fingerprint density at radius 1 is 1.41 bits per heavy atom. The topological polar surface area (TPSA) is 30.5 Å². The first-order valence-corrected chi connectivity index (χ1v) is 6.14. The van der Waals surface area contributed by atoms with Gasteiger partial charge in [-0.3, -0.25) is 0 Å². The number of hydrogen-bond donors (Lipinski definition) is 1.